The number of alkyl halides is 1. The molecule has 0 radical (unpaired) electrons. The zero-order valence-electron chi connectivity index (χ0n) is 46.5. The summed E-state index contributed by atoms with van der Waals surface area (Å²) in [7, 11) is 0. The molecule has 3 aliphatic heterocycles. The van der Waals surface area contributed by atoms with Crippen molar-refractivity contribution in [2.24, 2.45) is 5.92 Å². The van der Waals surface area contributed by atoms with Crippen molar-refractivity contribution < 1.29 is 86.3 Å². The van der Waals surface area contributed by atoms with Crippen LogP contribution in [0.3, 0.4) is 0 Å². The minimum absolute atomic E-state index is 0.0130. The van der Waals surface area contributed by atoms with Crippen LogP contribution in [0.2, 0.25) is 0 Å². The Hall–Kier alpha value is -6.83. The smallest absolute Gasteiger partial charge is 0.408 e. The highest BCUT2D eigenvalue weighted by Gasteiger charge is 2.53. The van der Waals surface area contributed by atoms with Crippen LogP contribution in [0.4, 0.5) is 18.8 Å². The molecule has 1 saturated heterocycles. The number of aliphatic hydroxyl groups is 3. The molecule has 448 valence electrons. The number of benzene rings is 4. The first-order valence-electron chi connectivity index (χ1n) is 28.0. The number of nitrogens with one attached hydrogen (secondary N) is 4. The number of carbonyl (C=O) groups excluding carboxylic acids is 4. The van der Waals surface area contributed by atoms with E-state index in [4.69, 9.17) is 47.4 Å². The molecule has 3 heterocycles. The lowest BCUT2D eigenvalue weighted by molar-refractivity contribution is -0.287. The summed E-state index contributed by atoms with van der Waals surface area (Å²) < 4.78 is 76.6. The number of hydrogen-bond donors (Lipinski definition) is 7. The van der Waals surface area contributed by atoms with Gasteiger partial charge in [0, 0.05) is 0 Å². The predicted molar refractivity (Wildman–Crippen MR) is 296 cm³/mol. The summed E-state index contributed by atoms with van der Waals surface area (Å²) in [6.07, 6.45) is -12.9. The van der Waals surface area contributed by atoms with E-state index in [-0.39, 0.29) is 45.8 Å². The number of carbonyl (C=O) groups is 4. The van der Waals surface area contributed by atoms with Gasteiger partial charge in [-0.25, -0.2) is 18.8 Å². The molecule has 8 rings (SSSR count). The van der Waals surface area contributed by atoms with Gasteiger partial charge in [-0.2, -0.15) is 0 Å². The molecule has 22 heteroatoms. The first-order chi connectivity index (χ1) is 40.3. The summed E-state index contributed by atoms with van der Waals surface area (Å²) in [5.41, 5.74) is 2.97. The van der Waals surface area contributed by atoms with Crippen LogP contribution in [0.15, 0.2) is 146 Å². The summed E-state index contributed by atoms with van der Waals surface area (Å²) in [5.74, 6) is -1.44. The second kappa shape index (κ2) is 31.2. The molecule has 1 aliphatic carbocycles. The Bertz CT molecular complexity index is 2700. The molecule has 21 nitrogen and oxygen atoms in total. The van der Waals surface area contributed by atoms with Crippen molar-refractivity contribution in [1.82, 2.24) is 21.3 Å². The van der Waals surface area contributed by atoms with Crippen molar-refractivity contribution in [2.75, 3.05) is 13.2 Å². The van der Waals surface area contributed by atoms with Crippen molar-refractivity contribution in [3.05, 3.63) is 168 Å². The van der Waals surface area contributed by atoms with Gasteiger partial charge in [-0.15, -0.1) is 0 Å². The molecule has 4 aromatic carbocycles. The van der Waals surface area contributed by atoms with Crippen molar-refractivity contribution in [2.45, 2.75) is 165 Å². The number of rotatable bonds is 25. The van der Waals surface area contributed by atoms with E-state index in [0.717, 1.165) is 16.7 Å². The van der Waals surface area contributed by atoms with E-state index >= 15 is 4.39 Å². The number of hydrogen-bond acceptors (Lipinski definition) is 17. The Labute approximate surface area is 481 Å². The Morgan fingerprint density at radius 2 is 1.05 bits per heavy atom. The molecular formula is C61H75FN4O17. The minimum Gasteiger partial charge on any atom is -0.445 e. The Balaban J connectivity index is 1.01. The third kappa shape index (κ3) is 17.8. The lowest BCUT2D eigenvalue weighted by Crippen LogP contribution is -2.64. The zero-order valence-corrected chi connectivity index (χ0v) is 46.5. The van der Waals surface area contributed by atoms with Crippen LogP contribution in [0.25, 0.3) is 0 Å². The van der Waals surface area contributed by atoms with E-state index in [0.29, 0.717) is 12.0 Å². The van der Waals surface area contributed by atoms with Gasteiger partial charge in [0.25, 0.3) is 5.91 Å². The maximum Gasteiger partial charge on any atom is 0.408 e. The van der Waals surface area contributed by atoms with Gasteiger partial charge in [0.05, 0.1) is 44.1 Å². The van der Waals surface area contributed by atoms with Crippen LogP contribution in [-0.2, 0) is 78.6 Å². The Morgan fingerprint density at radius 3 is 1.55 bits per heavy atom. The van der Waals surface area contributed by atoms with Crippen LogP contribution in [-0.4, -0.2) is 151 Å². The summed E-state index contributed by atoms with van der Waals surface area (Å²) in [5, 5.41) is 46.5. The van der Waals surface area contributed by atoms with E-state index in [1.807, 2.05) is 79.7 Å². The molecule has 4 aromatic rings. The van der Waals surface area contributed by atoms with E-state index in [1.54, 1.807) is 86.7 Å². The number of amides is 4. The van der Waals surface area contributed by atoms with E-state index in [2.05, 4.69) is 21.3 Å². The van der Waals surface area contributed by atoms with Gasteiger partial charge in [-0.3, -0.25) is 4.79 Å². The maximum atomic E-state index is 15.7. The SMILES string of the molecule is CCC1C=CC(NC(=O)OCc2ccccc2)C(OC2C(C)CC(NC(=O)C(OCc3ccccc3)C(F)CC)C(O)C2OC2OC(CO)C(OC3OC(CNC(=O)OCc4ccccc4)C=CC3NC(=O)OCc3ccccc3)C2O)O1. The van der Waals surface area contributed by atoms with Gasteiger partial charge in [0.1, 0.15) is 68.6 Å². The van der Waals surface area contributed by atoms with Crippen molar-refractivity contribution in [1.29, 1.82) is 0 Å². The summed E-state index contributed by atoms with van der Waals surface area (Å²) in [4.78, 5) is 53.5. The second-order valence-corrected chi connectivity index (χ2v) is 20.6. The highest BCUT2D eigenvalue weighted by Crippen LogP contribution is 2.37. The van der Waals surface area contributed by atoms with Crippen molar-refractivity contribution in [3.63, 3.8) is 0 Å². The topological polar surface area (TPSA) is 269 Å². The van der Waals surface area contributed by atoms with Crippen LogP contribution < -0.4 is 21.3 Å². The molecule has 0 bridgehead atoms. The lowest BCUT2D eigenvalue weighted by Gasteiger charge is -2.46. The monoisotopic (exact) mass is 1150 g/mol. The van der Waals surface area contributed by atoms with Crippen molar-refractivity contribution >= 4 is 24.2 Å². The van der Waals surface area contributed by atoms with E-state index < -0.39 is 135 Å². The number of ether oxygens (including phenoxy) is 10. The largest absolute Gasteiger partial charge is 0.445 e. The molecule has 7 N–H and O–H groups in total. The third-order valence-electron chi connectivity index (χ3n) is 14.5. The average molecular weight is 1160 g/mol. The fourth-order valence-corrected chi connectivity index (χ4v) is 9.96. The van der Waals surface area contributed by atoms with Gasteiger partial charge in [0.2, 0.25) is 0 Å². The van der Waals surface area contributed by atoms with Crippen LogP contribution in [0.5, 0.6) is 0 Å². The summed E-state index contributed by atoms with van der Waals surface area (Å²) in [6.45, 7) is 4.28. The fourth-order valence-electron chi connectivity index (χ4n) is 9.96. The van der Waals surface area contributed by atoms with Crippen LogP contribution >= 0.6 is 0 Å². The normalized spacial score (nSPS) is 29.2. The zero-order chi connectivity index (χ0) is 58.7. The number of halogens is 1. The summed E-state index contributed by atoms with van der Waals surface area (Å²) >= 11 is 0. The molecule has 0 aromatic heterocycles. The second-order valence-electron chi connectivity index (χ2n) is 20.6. The quantitative estimate of drug-likeness (QED) is 0.0299. The molecular weight excluding hydrogens is 1080 g/mol. The molecule has 0 spiro atoms. The van der Waals surface area contributed by atoms with Gasteiger partial charge in [-0.05, 0) is 47.4 Å². The Kier molecular flexibility index (Phi) is 23.4. The van der Waals surface area contributed by atoms with Gasteiger partial charge >= 0.3 is 18.3 Å². The molecule has 83 heavy (non-hydrogen) atoms. The predicted octanol–water partition coefficient (Wildman–Crippen LogP) is 5.93. The minimum atomic E-state index is -1.75. The molecule has 2 fully saturated rings. The average Bonchev–Trinajstić information content (AvgIpc) is 4.09. The Morgan fingerprint density at radius 1 is 0.578 bits per heavy atom. The summed E-state index contributed by atoms with van der Waals surface area (Å²) in [6, 6.07) is 33.0. The number of aliphatic hydroxyl groups excluding tert-OH is 3. The molecule has 4 aliphatic rings. The lowest BCUT2D eigenvalue weighted by atomic mass is 9.79. The van der Waals surface area contributed by atoms with Crippen LogP contribution in [0, 0.1) is 5.92 Å². The van der Waals surface area contributed by atoms with Crippen molar-refractivity contribution in [3.8, 4) is 0 Å². The fraction of sp³-hybridized carbons (Fsp3) is 0.475. The first-order valence-corrected chi connectivity index (χ1v) is 28.0. The van der Waals surface area contributed by atoms with E-state index in [9.17, 15) is 34.5 Å². The molecule has 4 amide bonds. The third-order valence-corrected chi connectivity index (χ3v) is 14.5. The van der Waals surface area contributed by atoms with E-state index in [1.165, 1.54) is 0 Å². The standard InChI is InChI=1S/C61H75FN4O17/c1-4-42-26-28-45(65-60(72)76-35-40-22-14-8-15-23-40)56(78-42)81-51-37(3)30-47(64-55(70)52(44(62)5-2)74-33-38-18-10-6-11-19-38)49(68)54(51)83-58-50(69)53(48(32-67)80-58)82-57-46(66-61(73)77-36-41-24-16-9-17-25-41)29-27-43(79-57)31-63-59(71)75-34-39-20-12-7-13-21-39/h6-29,37,42-54,56-58,67-69H,4-5,30-36H2,1-3H3,(H,63,71)(H,64,70)(H,65,72)(H,66,73). The first kappa shape index (κ1) is 62.2. The number of alkyl carbamates (subject to hydrolysis) is 3. The highest BCUT2D eigenvalue weighted by molar-refractivity contribution is 5.82. The van der Waals surface area contributed by atoms with Gasteiger partial charge in [0.15, 0.2) is 25.0 Å². The molecule has 17 unspecified atom stereocenters. The molecule has 17 atom stereocenters. The highest BCUT2D eigenvalue weighted by atomic mass is 19.1. The molecule has 1 saturated carbocycles. The van der Waals surface area contributed by atoms with Gasteiger partial charge < -0.3 is 84.0 Å². The van der Waals surface area contributed by atoms with Crippen LogP contribution in [0.1, 0.15) is 62.3 Å². The van der Waals surface area contributed by atoms with Gasteiger partial charge in [-0.1, -0.05) is 166 Å². The maximum absolute atomic E-state index is 15.7.